The van der Waals surface area contributed by atoms with E-state index in [0.29, 0.717) is 37.2 Å². The normalized spacial score (nSPS) is 14.8. The van der Waals surface area contributed by atoms with Crippen LogP contribution in [0.25, 0.3) is 27.4 Å². The fourth-order valence-electron chi connectivity index (χ4n) is 5.12. The van der Waals surface area contributed by atoms with E-state index < -0.39 is 26.1 Å². The van der Waals surface area contributed by atoms with E-state index in [1.165, 1.54) is 4.90 Å². The summed E-state index contributed by atoms with van der Waals surface area (Å²) in [6, 6.07) is 19.4. The molecular weight excluding hydrogens is 621 g/mol. The maximum Gasteiger partial charge on any atom is 0.264 e. The molecule has 9 nitrogen and oxygen atoms in total. The predicted octanol–water partition coefficient (Wildman–Crippen LogP) is 6.18. The molecule has 3 aromatic carbocycles. The van der Waals surface area contributed by atoms with Crippen LogP contribution in [0, 0.1) is 13.8 Å². The summed E-state index contributed by atoms with van der Waals surface area (Å²) < 4.78 is 76.9. The summed E-state index contributed by atoms with van der Waals surface area (Å²) >= 11 is 1.60. The average molecular weight is 655 g/mol. The highest BCUT2D eigenvalue weighted by Gasteiger charge is 2.29. The molecule has 0 spiro atoms. The molecule has 1 aliphatic heterocycles. The van der Waals surface area contributed by atoms with Crippen LogP contribution in [0.15, 0.2) is 78.2 Å². The number of rotatable bonds is 11. The van der Waals surface area contributed by atoms with Gasteiger partial charge in [-0.05, 0) is 72.7 Å². The fraction of sp³-hybridized carbons (Fsp3) is 0.281. The zero-order chi connectivity index (χ0) is 31.6. The summed E-state index contributed by atoms with van der Waals surface area (Å²) in [5.74, 6) is -0.383. The highest BCUT2D eigenvalue weighted by molar-refractivity contribution is 7.86. The first kappa shape index (κ1) is 31.9. The lowest BCUT2D eigenvalue weighted by Gasteiger charge is -2.20. The molecule has 0 amide bonds. The molecule has 2 heterocycles. The minimum Gasteiger partial charge on any atom is -0.747 e. The largest absolute Gasteiger partial charge is 0.747 e. The van der Waals surface area contributed by atoms with E-state index >= 15 is 0 Å². The van der Waals surface area contributed by atoms with E-state index in [4.69, 9.17) is 9.29 Å². The van der Waals surface area contributed by atoms with Crippen molar-refractivity contribution in [2.24, 2.45) is 0 Å². The van der Waals surface area contributed by atoms with E-state index in [2.05, 4.69) is 23.6 Å². The maximum absolute atomic E-state index is 12.0. The number of aromatic nitrogens is 1. The Labute approximate surface area is 262 Å². The van der Waals surface area contributed by atoms with Crippen LogP contribution in [0.3, 0.4) is 0 Å². The summed E-state index contributed by atoms with van der Waals surface area (Å²) in [5, 5.41) is 0.926. The van der Waals surface area contributed by atoms with Crippen LogP contribution >= 0.6 is 11.3 Å². The van der Waals surface area contributed by atoms with Crippen LogP contribution < -0.4 is 14.2 Å². The predicted molar refractivity (Wildman–Crippen MR) is 173 cm³/mol. The zero-order valence-corrected chi connectivity index (χ0v) is 27.1. The molecule has 12 heteroatoms. The zero-order valence-electron chi connectivity index (χ0n) is 24.7. The van der Waals surface area contributed by atoms with Gasteiger partial charge in [0, 0.05) is 24.6 Å². The second-order valence-corrected chi connectivity index (χ2v) is 14.8. The highest BCUT2D eigenvalue weighted by atomic mass is 32.2. The van der Waals surface area contributed by atoms with Gasteiger partial charge in [-0.3, -0.25) is 9.45 Å². The first-order valence-electron chi connectivity index (χ1n) is 14.2. The molecule has 4 aromatic rings. The molecule has 1 aliphatic rings. The number of thiazole rings is 1. The Bertz CT molecular complexity index is 1980. The van der Waals surface area contributed by atoms with Gasteiger partial charge in [0.05, 0.1) is 11.4 Å². The smallest absolute Gasteiger partial charge is 0.264 e. The SMILES string of the molecule is CCC(=Cc1sc2cc(C)c(C)cc2[n+]1CCCCS(=O)(=O)O)C=C1Oc2ccc(-c3ccccc3)cc2N1CS(=O)(=O)[O-]. The average Bonchev–Trinajstić information content (AvgIpc) is 3.45. The van der Waals surface area contributed by atoms with Gasteiger partial charge >= 0.3 is 0 Å². The number of fused-ring (bicyclic) bond motifs is 2. The molecule has 0 fully saturated rings. The molecule has 0 unspecified atom stereocenters. The Hall–Kier alpha value is -3.55. The number of hydrogen-bond acceptors (Lipinski definition) is 8. The molecule has 0 saturated heterocycles. The van der Waals surface area contributed by atoms with Gasteiger partial charge < -0.3 is 9.29 Å². The van der Waals surface area contributed by atoms with Crippen molar-refractivity contribution < 1.29 is 35.2 Å². The number of allylic oxidation sites excluding steroid dienone is 2. The topological polar surface area (TPSA) is 128 Å². The number of benzene rings is 3. The molecular formula is C32H34N2O7S3. The molecule has 0 atom stereocenters. The molecule has 0 saturated carbocycles. The highest BCUT2D eigenvalue weighted by Crippen LogP contribution is 2.42. The van der Waals surface area contributed by atoms with Gasteiger partial charge in [-0.1, -0.05) is 54.7 Å². The molecule has 0 aliphatic carbocycles. The minimum absolute atomic E-state index is 0.241. The first-order chi connectivity index (χ1) is 20.8. The first-order valence-corrected chi connectivity index (χ1v) is 18.2. The summed E-state index contributed by atoms with van der Waals surface area (Å²) in [6.07, 6.45) is 5.22. The Balaban J connectivity index is 1.54. The van der Waals surface area contributed by atoms with Crippen molar-refractivity contribution in [3.05, 3.63) is 94.3 Å². The number of ether oxygens (including phenoxy) is 1. The Morgan fingerprint density at radius 2 is 1.73 bits per heavy atom. The third-order valence-corrected chi connectivity index (χ3v) is 10.0. The second kappa shape index (κ2) is 12.8. The van der Waals surface area contributed by atoms with Crippen LogP contribution in [-0.4, -0.2) is 37.6 Å². The van der Waals surface area contributed by atoms with Gasteiger partial charge in [0.1, 0.15) is 20.7 Å². The Morgan fingerprint density at radius 3 is 2.41 bits per heavy atom. The number of unbranched alkanes of at least 4 members (excludes halogenated alkanes) is 1. The standard InChI is InChI=1S/C32H34N2O7S3/c1-4-24(19-32-33(14-8-9-15-43(35,36)37)28-16-22(2)23(3)17-30(28)42-32)18-31-34(21-44(38,39)40)27-20-26(12-13-29(27)41-31)25-10-6-5-7-11-25/h5-7,10-13,16-20H,4,8-9,14-15,21H2,1-3H3,(H-,35,36,37,38,39,40). The van der Waals surface area contributed by atoms with E-state index in [0.717, 1.165) is 43.1 Å². The van der Waals surface area contributed by atoms with Gasteiger partial charge in [0.15, 0.2) is 12.3 Å². The molecule has 1 aromatic heterocycles. The minimum atomic E-state index is -4.64. The number of nitrogens with zero attached hydrogens (tertiary/aromatic N) is 2. The van der Waals surface area contributed by atoms with E-state index in [-0.39, 0.29) is 11.6 Å². The summed E-state index contributed by atoms with van der Waals surface area (Å²) in [5.41, 5.74) is 6.47. The van der Waals surface area contributed by atoms with Crippen molar-refractivity contribution in [1.29, 1.82) is 0 Å². The lowest BCUT2D eigenvalue weighted by atomic mass is 10.0. The molecule has 1 N–H and O–H groups in total. The van der Waals surface area contributed by atoms with Crippen LogP contribution in [-0.2, 0) is 26.8 Å². The third kappa shape index (κ3) is 7.56. The molecule has 5 rings (SSSR count). The van der Waals surface area contributed by atoms with Crippen LogP contribution in [0.5, 0.6) is 5.75 Å². The van der Waals surface area contributed by atoms with Gasteiger partial charge in [0.25, 0.3) is 15.1 Å². The second-order valence-electron chi connectivity index (χ2n) is 10.8. The third-order valence-electron chi connectivity index (χ3n) is 7.53. The van der Waals surface area contributed by atoms with Crippen molar-refractivity contribution in [2.75, 3.05) is 16.5 Å². The van der Waals surface area contributed by atoms with Gasteiger partial charge in [-0.15, -0.1) is 0 Å². The molecule has 0 radical (unpaired) electrons. The Kier molecular flexibility index (Phi) is 9.28. The van der Waals surface area contributed by atoms with E-state index in [9.17, 15) is 21.4 Å². The van der Waals surface area contributed by atoms with Crippen molar-refractivity contribution in [2.45, 2.75) is 46.6 Å². The van der Waals surface area contributed by atoms with E-state index in [1.807, 2.05) is 62.4 Å². The van der Waals surface area contributed by atoms with Gasteiger partial charge in [-0.25, -0.2) is 8.42 Å². The molecule has 232 valence electrons. The van der Waals surface area contributed by atoms with Crippen LogP contribution in [0.1, 0.15) is 42.3 Å². The molecule has 44 heavy (non-hydrogen) atoms. The van der Waals surface area contributed by atoms with Crippen molar-refractivity contribution >= 4 is 53.6 Å². The van der Waals surface area contributed by atoms with Crippen molar-refractivity contribution in [3.8, 4) is 16.9 Å². The monoisotopic (exact) mass is 654 g/mol. The number of anilines is 1. The number of hydrogen-bond donors (Lipinski definition) is 1. The van der Waals surface area contributed by atoms with Gasteiger partial charge in [0.2, 0.25) is 11.4 Å². The maximum atomic E-state index is 12.0. The van der Waals surface area contributed by atoms with Crippen LogP contribution in [0.2, 0.25) is 0 Å². The fourth-order valence-corrected chi connectivity index (χ4v) is 7.52. The van der Waals surface area contributed by atoms with Gasteiger partial charge in [-0.2, -0.15) is 13.0 Å². The lowest BCUT2D eigenvalue weighted by Crippen LogP contribution is -2.35. The summed E-state index contributed by atoms with van der Waals surface area (Å²) in [4.78, 5) is 1.40. The van der Waals surface area contributed by atoms with Crippen molar-refractivity contribution in [3.63, 3.8) is 0 Å². The summed E-state index contributed by atoms with van der Waals surface area (Å²) in [7, 11) is -8.68. The summed E-state index contributed by atoms with van der Waals surface area (Å²) in [6.45, 7) is 6.62. The van der Waals surface area contributed by atoms with Crippen LogP contribution in [0.4, 0.5) is 5.69 Å². The van der Waals surface area contributed by atoms with E-state index in [1.54, 1.807) is 23.5 Å². The quantitative estimate of drug-likeness (QED) is 0.115. The molecule has 0 bridgehead atoms. The lowest BCUT2D eigenvalue weighted by molar-refractivity contribution is -0.669. The van der Waals surface area contributed by atoms with Crippen molar-refractivity contribution in [1.82, 2.24) is 0 Å². The number of aryl methyl sites for hydroxylation is 3. The Morgan fingerprint density at radius 1 is 1.00 bits per heavy atom.